The van der Waals surface area contributed by atoms with Crippen LogP contribution in [0.25, 0.3) is 17.1 Å². The minimum atomic E-state index is -0.804. The predicted octanol–water partition coefficient (Wildman–Crippen LogP) is 5.80. The fourth-order valence-corrected chi connectivity index (χ4v) is 5.23. The molecule has 10 nitrogen and oxygen atoms in total. The van der Waals surface area contributed by atoms with E-state index < -0.39 is 11.8 Å². The van der Waals surface area contributed by atoms with Crippen LogP contribution in [0.3, 0.4) is 0 Å². The fraction of sp³-hybridized carbons (Fsp3) is 0.200. The Labute approximate surface area is 246 Å². The van der Waals surface area contributed by atoms with Crippen molar-refractivity contribution >= 4 is 45.9 Å². The molecule has 1 saturated heterocycles. The number of benzene rings is 3. The molecule has 1 aliphatic heterocycles. The third-order valence-electron chi connectivity index (χ3n) is 6.58. The van der Waals surface area contributed by atoms with Crippen LogP contribution >= 0.6 is 11.8 Å². The second-order valence-electron chi connectivity index (χ2n) is 10.0. The molecule has 12 heteroatoms. The first-order valence-corrected chi connectivity index (χ1v) is 14.0. The van der Waals surface area contributed by atoms with Crippen LogP contribution < -0.4 is 15.1 Å². The van der Waals surface area contributed by atoms with Crippen LogP contribution in [0.1, 0.15) is 30.9 Å². The molecule has 0 unspecified atom stereocenters. The van der Waals surface area contributed by atoms with Gasteiger partial charge in [0.25, 0.3) is 0 Å². The SMILES string of the molecule is CC(C)c1ccc(N(C)C)cc1N1C(=O)CS/C1=N\C(=O)Nc1ccc(-c2ncn(-c3ccc(C#N)cc3)n2)cc1F. The van der Waals surface area contributed by atoms with Gasteiger partial charge in [-0.25, -0.2) is 18.9 Å². The zero-order valence-corrected chi connectivity index (χ0v) is 24.2. The Morgan fingerprint density at radius 3 is 2.57 bits per heavy atom. The van der Waals surface area contributed by atoms with Gasteiger partial charge in [-0.1, -0.05) is 31.7 Å². The van der Waals surface area contributed by atoms with Crippen molar-refractivity contribution in [2.45, 2.75) is 19.8 Å². The summed E-state index contributed by atoms with van der Waals surface area (Å²) in [5.41, 5.74) is 4.08. The van der Waals surface area contributed by atoms with Gasteiger partial charge >= 0.3 is 6.03 Å². The van der Waals surface area contributed by atoms with E-state index in [-0.39, 0.29) is 34.3 Å². The van der Waals surface area contributed by atoms with Gasteiger partial charge < -0.3 is 10.2 Å². The van der Waals surface area contributed by atoms with Crippen LogP contribution in [-0.2, 0) is 4.79 Å². The van der Waals surface area contributed by atoms with Gasteiger partial charge in [-0.15, -0.1) is 5.10 Å². The number of aromatic nitrogens is 3. The minimum Gasteiger partial charge on any atom is -0.378 e. The first kappa shape index (κ1) is 28.5. The Hall–Kier alpha value is -5.02. The summed E-state index contributed by atoms with van der Waals surface area (Å²) in [5, 5.41) is 16.1. The second kappa shape index (κ2) is 11.8. The highest BCUT2D eigenvalue weighted by atomic mass is 32.2. The monoisotopic (exact) mass is 582 g/mol. The molecule has 1 aromatic heterocycles. The lowest BCUT2D eigenvalue weighted by Gasteiger charge is -2.24. The number of aliphatic imine (C=N–C) groups is 1. The van der Waals surface area contributed by atoms with Gasteiger partial charge in [-0.3, -0.25) is 9.69 Å². The van der Waals surface area contributed by atoms with Crippen molar-refractivity contribution in [2.75, 3.05) is 35.0 Å². The maximum atomic E-state index is 15.1. The number of hydrogen-bond donors (Lipinski definition) is 1. The van der Waals surface area contributed by atoms with E-state index in [4.69, 9.17) is 5.26 Å². The number of carbonyl (C=O) groups excluding carboxylic acids is 2. The zero-order valence-electron chi connectivity index (χ0n) is 23.4. The molecular formula is C30H27FN8O2S. The van der Waals surface area contributed by atoms with Gasteiger partial charge in [-0.2, -0.15) is 10.3 Å². The number of thioether (sulfide) groups is 1. The Bertz CT molecular complexity index is 1740. The van der Waals surface area contributed by atoms with Gasteiger partial charge in [0.2, 0.25) is 5.91 Å². The molecule has 2 heterocycles. The van der Waals surface area contributed by atoms with E-state index in [1.165, 1.54) is 28.0 Å². The molecule has 0 atom stereocenters. The van der Waals surface area contributed by atoms with E-state index in [9.17, 15) is 9.59 Å². The molecule has 4 aromatic rings. The van der Waals surface area contributed by atoms with Crippen LogP contribution in [0.4, 0.5) is 26.2 Å². The summed E-state index contributed by atoms with van der Waals surface area (Å²) >= 11 is 1.16. The molecule has 1 N–H and O–H groups in total. The number of halogens is 1. The first-order chi connectivity index (χ1) is 20.1. The summed E-state index contributed by atoms with van der Waals surface area (Å²) in [4.78, 5) is 37.6. The van der Waals surface area contributed by atoms with E-state index >= 15 is 4.39 Å². The third-order valence-corrected chi connectivity index (χ3v) is 7.50. The molecule has 0 radical (unpaired) electrons. The van der Waals surface area contributed by atoms with Crippen molar-refractivity contribution in [3.63, 3.8) is 0 Å². The van der Waals surface area contributed by atoms with Crippen molar-refractivity contribution in [1.82, 2.24) is 14.8 Å². The highest BCUT2D eigenvalue weighted by Gasteiger charge is 2.33. The van der Waals surface area contributed by atoms with E-state index in [0.29, 0.717) is 22.5 Å². The van der Waals surface area contributed by atoms with Gasteiger partial charge in [0, 0.05) is 25.3 Å². The zero-order chi connectivity index (χ0) is 30.0. The number of amidine groups is 1. The summed E-state index contributed by atoms with van der Waals surface area (Å²) in [7, 11) is 3.82. The van der Waals surface area contributed by atoms with Gasteiger partial charge in [0.1, 0.15) is 12.1 Å². The molecule has 0 saturated carbocycles. The lowest BCUT2D eigenvalue weighted by molar-refractivity contribution is -0.115. The average molecular weight is 583 g/mol. The molecule has 1 fully saturated rings. The molecule has 0 spiro atoms. The topological polar surface area (TPSA) is 120 Å². The first-order valence-electron chi connectivity index (χ1n) is 13.0. The smallest absolute Gasteiger partial charge is 0.347 e. The largest absolute Gasteiger partial charge is 0.378 e. The van der Waals surface area contributed by atoms with Gasteiger partial charge in [-0.05, 0) is 66.1 Å². The van der Waals surface area contributed by atoms with Gasteiger partial charge in [0.05, 0.1) is 34.4 Å². The summed E-state index contributed by atoms with van der Waals surface area (Å²) < 4.78 is 16.6. The van der Waals surface area contributed by atoms with Crippen LogP contribution in [0.5, 0.6) is 0 Å². The number of nitrogens with zero attached hydrogens (tertiary/aromatic N) is 7. The number of urea groups is 1. The number of nitrogens with one attached hydrogen (secondary N) is 1. The average Bonchev–Trinajstić information content (AvgIpc) is 3.61. The molecule has 0 bridgehead atoms. The van der Waals surface area contributed by atoms with E-state index in [2.05, 4.69) is 26.5 Å². The van der Waals surface area contributed by atoms with Crippen molar-refractivity contribution in [1.29, 1.82) is 5.26 Å². The van der Waals surface area contributed by atoms with Crippen molar-refractivity contribution in [3.8, 4) is 23.1 Å². The van der Waals surface area contributed by atoms with Crippen LogP contribution in [0, 0.1) is 17.1 Å². The number of hydrogen-bond acceptors (Lipinski definition) is 7. The third kappa shape index (κ3) is 5.87. The highest BCUT2D eigenvalue weighted by molar-refractivity contribution is 8.15. The summed E-state index contributed by atoms with van der Waals surface area (Å²) in [5.74, 6) is -0.325. The maximum Gasteiger partial charge on any atom is 0.347 e. The van der Waals surface area contributed by atoms with Crippen molar-refractivity contribution < 1.29 is 14.0 Å². The number of anilines is 3. The molecule has 42 heavy (non-hydrogen) atoms. The van der Waals surface area contributed by atoms with Crippen LogP contribution in [0.15, 0.2) is 72.0 Å². The van der Waals surface area contributed by atoms with Crippen LogP contribution in [0.2, 0.25) is 0 Å². The number of rotatable bonds is 6. The maximum absolute atomic E-state index is 15.1. The lowest BCUT2D eigenvalue weighted by atomic mass is 9.99. The Balaban J connectivity index is 1.35. The Kier molecular flexibility index (Phi) is 8.04. The summed E-state index contributed by atoms with van der Waals surface area (Å²) in [6.45, 7) is 4.07. The standard InChI is InChI=1S/C30H27FN8O2S/c1-18(2)23-11-10-22(37(3)4)14-26(23)39-27(40)16-42-30(39)35-29(41)34-25-12-7-20(13-24(25)31)28-33-17-38(36-28)21-8-5-19(15-32)6-9-21/h5-14,17-18H,16H2,1-4H3,(H,34,41)/b35-30-. The lowest BCUT2D eigenvalue weighted by Crippen LogP contribution is -2.31. The quantitative estimate of drug-likeness (QED) is 0.305. The van der Waals surface area contributed by atoms with Gasteiger partial charge in [0.15, 0.2) is 11.0 Å². The fourth-order valence-electron chi connectivity index (χ4n) is 4.37. The van der Waals surface area contributed by atoms with E-state index in [1.54, 1.807) is 30.3 Å². The number of carbonyl (C=O) groups is 2. The van der Waals surface area contributed by atoms with Crippen molar-refractivity contribution in [3.05, 3.63) is 83.9 Å². The predicted molar refractivity (Wildman–Crippen MR) is 163 cm³/mol. The number of nitriles is 1. The number of amides is 3. The highest BCUT2D eigenvalue weighted by Crippen LogP contribution is 2.36. The Morgan fingerprint density at radius 2 is 1.90 bits per heavy atom. The molecule has 212 valence electrons. The summed E-state index contributed by atoms with van der Waals surface area (Å²) in [6.07, 6.45) is 1.49. The molecule has 0 aliphatic carbocycles. The molecule has 1 aliphatic rings. The van der Waals surface area contributed by atoms with Crippen molar-refractivity contribution in [2.24, 2.45) is 4.99 Å². The molecule has 3 aromatic carbocycles. The second-order valence-corrected chi connectivity index (χ2v) is 10.9. The molecular weight excluding hydrogens is 555 g/mol. The normalized spacial score (nSPS) is 14.0. The Morgan fingerprint density at radius 1 is 1.14 bits per heavy atom. The van der Waals surface area contributed by atoms with E-state index in [1.807, 2.05) is 51.0 Å². The minimum absolute atomic E-state index is 0.0713. The van der Waals surface area contributed by atoms with Crippen LogP contribution in [-0.4, -0.2) is 51.7 Å². The molecule has 5 rings (SSSR count). The van der Waals surface area contributed by atoms with E-state index in [0.717, 1.165) is 23.0 Å². The summed E-state index contributed by atoms with van der Waals surface area (Å²) in [6, 6.07) is 18.1. The molecule has 3 amide bonds.